The Morgan fingerprint density at radius 2 is 2.41 bits per heavy atom. The first-order valence-corrected chi connectivity index (χ1v) is 6.08. The van der Waals surface area contributed by atoms with Gasteiger partial charge in [-0.3, -0.25) is 9.48 Å². The molecule has 5 nitrogen and oxygen atoms in total. The Labute approximate surface area is 101 Å². The lowest BCUT2D eigenvalue weighted by Gasteiger charge is -2.12. The molecule has 0 unspecified atom stereocenters. The third-order valence-corrected chi connectivity index (χ3v) is 2.95. The van der Waals surface area contributed by atoms with E-state index in [-0.39, 0.29) is 5.91 Å². The lowest BCUT2D eigenvalue weighted by molar-refractivity contribution is 0.0949. The van der Waals surface area contributed by atoms with Gasteiger partial charge in [-0.05, 0) is 32.1 Å². The maximum Gasteiger partial charge on any atom is 0.273 e. The van der Waals surface area contributed by atoms with E-state index in [1.807, 2.05) is 0 Å². The number of rotatable bonds is 4. The molecule has 1 amide bonds. The quantitative estimate of drug-likeness (QED) is 0.802. The van der Waals surface area contributed by atoms with Crippen molar-refractivity contribution >= 4 is 5.91 Å². The maximum absolute atomic E-state index is 11.7. The van der Waals surface area contributed by atoms with E-state index in [0.29, 0.717) is 12.2 Å². The molecule has 17 heavy (non-hydrogen) atoms. The molecule has 2 rings (SSSR count). The summed E-state index contributed by atoms with van der Waals surface area (Å²) >= 11 is 0. The fourth-order valence-electron chi connectivity index (χ4n) is 2.01. The van der Waals surface area contributed by atoms with Gasteiger partial charge >= 0.3 is 0 Å². The normalized spacial score (nSPS) is 15.5. The second-order valence-electron chi connectivity index (χ2n) is 4.39. The molecule has 5 heteroatoms. The van der Waals surface area contributed by atoms with E-state index in [0.717, 1.165) is 6.42 Å². The van der Waals surface area contributed by atoms with Gasteiger partial charge in [0.2, 0.25) is 0 Å². The summed E-state index contributed by atoms with van der Waals surface area (Å²) < 4.78 is 1.53. The Morgan fingerprint density at radius 1 is 1.53 bits per heavy atom. The van der Waals surface area contributed by atoms with Crippen LogP contribution in [0.3, 0.4) is 0 Å². The van der Waals surface area contributed by atoms with E-state index in [2.05, 4.69) is 21.7 Å². The molecule has 1 aromatic rings. The topological polar surface area (TPSA) is 59.8 Å². The molecule has 1 aromatic heterocycles. The van der Waals surface area contributed by atoms with Crippen molar-refractivity contribution in [2.24, 2.45) is 7.05 Å². The van der Waals surface area contributed by atoms with Crippen molar-refractivity contribution in [1.82, 2.24) is 20.3 Å². The number of aryl methyl sites for hydroxylation is 1. The molecule has 1 aliphatic rings. The number of carbonyl (C=O) groups is 1. The monoisotopic (exact) mass is 234 g/mol. The van der Waals surface area contributed by atoms with E-state index >= 15 is 0 Å². The summed E-state index contributed by atoms with van der Waals surface area (Å²) in [5, 5.41) is 10.4. The minimum atomic E-state index is -0.144. The molecule has 0 saturated carbocycles. The number of nitrogens with one attached hydrogen (secondary N) is 1. The number of allylic oxidation sites excluding steroid dienone is 1. The fraction of sp³-hybridized carbons (Fsp3) is 0.583. The molecule has 0 spiro atoms. The molecule has 1 heterocycles. The summed E-state index contributed by atoms with van der Waals surface area (Å²) in [5.74, 6) is -0.144. The zero-order valence-electron chi connectivity index (χ0n) is 10.1. The predicted molar refractivity (Wildman–Crippen MR) is 64.5 cm³/mol. The Bertz CT molecular complexity index is 422. The Kier molecular flexibility index (Phi) is 3.90. The smallest absolute Gasteiger partial charge is 0.273 e. The lowest BCUT2D eigenvalue weighted by atomic mass is 9.97. The average molecular weight is 234 g/mol. The summed E-state index contributed by atoms with van der Waals surface area (Å²) in [7, 11) is 1.75. The standard InChI is InChI=1S/C12H18N4O/c1-16-9-11(14-15-16)12(17)13-8-7-10-5-3-2-4-6-10/h5,9H,2-4,6-8H2,1H3,(H,13,17). The molecule has 0 fully saturated rings. The first kappa shape index (κ1) is 11.8. The van der Waals surface area contributed by atoms with Gasteiger partial charge in [0.15, 0.2) is 5.69 Å². The minimum absolute atomic E-state index is 0.144. The van der Waals surface area contributed by atoms with Crippen LogP contribution in [0.2, 0.25) is 0 Å². The first-order chi connectivity index (χ1) is 8.25. The zero-order valence-corrected chi connectivity index (χ0v) is 10.1. The summed E-state index contributed by atoms with van der Waals surface area (Å²) in [6.45, 7) is 0.682. The van der Waals surface area contributed by atoms with Gasteiger partial charge in [0.25, 0.3) is 5.91 Å². The van der Waals surface area contributed by atoms with Crippen LogP contribution in [0.15, 0.2) is 17.8 Å². The van der Waals surface area contributed by atoms with Crippen LogP contribution in [0.1, 0.15) is 42.6 Å². The molecule has 0 radical (unpaired) electrons. The Hall–Kier alpha value is -1.65. The number of hydrogen-bond acceptors (Lipinski definition) is 3. The van der Waals surface area contributed by atoms with Gasteiger partial charge in [-0.15, -0.1) is 5.10 Å². The highest BCUT2D eigenvalue weighted by atomic mass is 16.1. The SMILES string of the molecule is Cn1cc(C(=O)NCCC2=CCCCC2)nn1. The van der Waals surface area contributed by atoms with Crippen LogP contribution < -0.4 is 5.32 Å². The van der Waals surface area contributed by atoms with Gasteiger partial charge in [-0.2, -0.15) is 0 Å². The molecule has 0 aromatic carbocycles. The maximum atomic E-state index is 11.7. The molecular formula is C12H18N4O. The van der Waals surface area contributed by atoms with Crippen LogP contribution in [-0.4, -0.2) is 27.4 Å². The highest BCUT2D eigenvalue weighted by Gasteiger charge is 2.09. The molecule has 1 aliphatic carbocycles. The second-order valence-corrected chi connectivity index (χ2v) is 4.39. The van der Waals surface area contributed by atoms with Crippen LogP contribution in [0.25, 0.3) is 0 Å². The number of nitrogens with zero attached hydrogens (tertiary/aromatic N) is 3. The number of aromatic nitrogens is 3. The Balaban J connectivity index is 1.75. The van der Waals surface area contributed by atoms with Crippen LogP contribution in [0.4, 0.5) is 0 Å². The first-order valence-electron chi connectivity index (χ1n) is 6.08. The average Bonchev–Trinajstić information content (AvgIpc) is 2.77. The second kappa shape index (κ2) is 5.61. The van der Waals surface area contributed by atoms with Crippen molar-refractivity contribution in [3.05, 3.63) is 23.5 Å². The fourth-order valence-corrected chi connectivity index (χ4v) is 2.01. The molecule has 0 bridgehead atoms. The van der Waals surface area contributed by atoms with Gasteiger partial charge < -0.3 is 5.32 Å². The molecule has 1 N–H and O–H groups in total. The number of amides is 1. The lowest BCUT2D eigenvalue weighted by Crippen LogP contribution is -2.25. The van der Waals surface area contributed by atoms with Gasteiger partial charge in [0, 0.05) is 13.6 Å². The highest BCUT2D eigenvalue weighted by molar-refractivity contribution is 5.91. The third kappa shape index (κ3) is 3.41. The van der Waals surface area contributed by atoms with Crippen molar-refractivity contribution in [3.8, 4) is 0 Å². The third-order valence-electron chi connectivity index (χ3n) is 2.95. The van der Waals surface area contributed by atoms with Crippen LogP contribution >= 0.6 is 0 Å². The summed E-state index contributed by atoms with van der Waals surface area (Å²) in [5.41, 5.74) is 1.85. The van der Waals surface area contributed by atoms with Crippen LogP contribution in [0, 0.1) is 0 Å². The molecule has 0 atom stereocenters. The number of carbonyl (C=O) groups excluding carboxylic acids is 1. The van der Waals surface area contributed by atoms with E-state index < -0.39 is 0 Å². The highest BCUT2D eigenvalue weighted by Crippen LogP contribution is 2.19. The summed E-state index contributed by atoms with van der Waals surface area (Å²) in [6.07, 6.45) is 9.83. The largest absolute Gasteiger partial charge is 0.350 e. The molecular weight excluding hydrogens is 216 g/mol. The van der Waals surface area contributed by atoms with E-state index in [1.54, 1.807) is 13.2 Å². The van der Waals surface area contributed by atoms with Gasteiger partial charge in [0.1, 0.15) is 0 Å². The Morgan fingerprint density at radius 3 is 3.06 bits per heavy atom. The van der Waals surface area contributed by atoms with E-state index in [1.165, 1.54) is 35.9 Å². The molecule has 0 aliphatic heterocycles. The van der Waals surface area contributed by atoms with Gasteiger partial charge in [-0.1, -0.05) is 16.9 Å². The number of hydrogen-bond donors (Lipinski definition) is 1. The van der Waals surface area contributed by atoms with Crippen molar-refractivity contribution in [2.45, 2.75) is 32.1 Å². The van der Waals surface area contributed by atoms with Crippen molar-refractivity contribution in [2.75, 3.05) is 6.54 Å². The predicted octanol–water partition coefficient (Wildman–Crippen LogP) is 1.44. The van der Waals surface area contributed by atoms with Crippen molar-refractivity contribution < 1.29 is 4.79 Å². The molecule has 92 valence electrons. The summed E-state index contributed by atoms with van der Waals surface area (Å²) in [6, 6.07) is 0. The van der Waals surface area contributed by atoms with Crippen LogP contribution in [-0.2, 0) is 7.05 Å². The van der Waals surface area contributed by atoms with Crippen molar-refractivity contribution in [1.29, 1.82) is 0 Å². The summed E-state index contributed by atoms with van der Waals surface area (Å²) in [4.78, 5) is 11.7. The zero-order chi connectivity index (χ0) is 12.1. The van der Waals surface area contributed by atoms with Crippen LogP contribution in [0.5, 0.6) is 0 Å². The van der Waals surface area contributed by atoms with Crippen molar-refractivity contribution in [3.63, 3.8) is 0 Å². The van der Waals surface area contributed by atoms with Gasteiger partial charge in [0.05, 0.1) is 6.20 Å². The molecule has 0 saturated heterocycles. The van der Waals surface area contributed by atoms with Gasteiger partial charge in [-0.25, -0.2) is 0 Å². The van der Waals surface area contributed by atoms with E-state index in [9.17, 15) is 4.79 Å². The van der Waals surface area contributed by atoms with E-state index in [4.69, 9.17) is 0 Å². The minimum Gasteiger partial charge on any atom is -0.350 e.